The number of ketones is 1. The van der Waals surface area contributed by atoms with Crippen LogP contribution in [0.3, 0.4) is 0 Å². The lowest BCUT2D eigenvalue weighted by molar-refractivity contribution is 0.0491. The normalized spacial score (nSPS) is 30.0. The fourth-order valence-electron chi connectivity index (χ4n) is 3.22. The Balaban J connectivity index is 2.03. The van der Waals surface area contributed by atoms with E-state index in [0.29, 0.717) is 10.6 Å². The van der Waals surface area contributed by atoms with Crippen LogP contribution >= 0.6 is 11.6 Å². The van der Waals surface area contributed by atoms with E-state index < -0.39 is 0 Å². The van der Waals surface area contributed by atoms with E-state index in [4.69, 9.17) is 16.3 Å². The van der Waals surface area contributed by atoms with E-state index in [9.17, 15) is 4.79 Å². The number of nitrogens with one attached hydrogen (secondary N) is 1. The van der Waals surface area contributed by atoms with E-state index in [1.807, 2.05) is 32.0 Å². The fraction of sp³-hybridized carbons (Fsp3) is 0.438. The number of hydrogen-bond acceptors (Lipinski definition) is 2. The highest BCUT2D eigenvalue weighted by molar-refractivity contribution is 6.35. The predicted molar refractivity (Wildman–Crippen MR) is 80.3 cm³/mol. The molecule has 1 fully saturated rings. The highest BCUT2D eigenvalue weighted by Gasteiger charge is 2.42. The number of ether oxygens (including phenoxy) is 1. The molecule has 0 spiro atoms. The molecule has 2 heterocycles. The van der Waals surface area contributed by atoms with Gasteiger partial charge < -0.3 is 9.72 Å². The third-order valence-corrected chi connectivity index (χ3v) is 4.79. The number of Topliss-reactive ketones (excluding diaryl/α,β-unsaturated/α-hetero) is 1. The van der Waals surface area contributed by atoms with Crippen molar-refractivity contribution in [3.63, 3.8) is 0 Å². The molecule has 4 unspecified atom stereocenters. The first-order valence-corrected chi connectivity index (χ1v) is 7.33. The number of fused-ring (bicyclic) bond motifs is 1. The molecule has 106 valence electrons. The van der Waals surface area contributed by atoms with Gasteiger partial charge in [0.25, 0.3) is 0 Å². The Morgan fingerprint density at radius 1 is 1.25 bits per heavy atom. The van der Waals surface area contributed by atoms with Crippen molar-refractivity contribution in [2.24, 2.45) is 11.8 Å². The van der Waals surface area contributed by atoms with Crippen LogP contribution in [0.1, 0.15) is 31.1 Å². The molecule has 0 bridgehead atoms. The lowest BCUT2D eigenvalue weighted by atomic mass is 9.83. The van der Waals surface area contributed by atoms with Gasteiger partial charge in [0, 0.05) is 17.1 Å². The van der Waals surface area contributed by atoms with Gasteiger partial charge >= 0.3 is 0 Å². The van der Waals surface area contributed by atoms with Gasteiger partial charge in [-0.15, -0.1) is 0 Å². The highest BCUT2D eigenvalue weighted by atomic mass is 35.5. The second-order valence-corrected chi connectivity index (χ2v) is 6.07. The van der Waals surface area contributed by atoms with Crippen LogP contribution in [0.15, 0.2) is 24.4 Å². The minimum absolute atomic E-state index is 0.0448. The number of rotatable bonds is 2. The molecule has 0 radical (unpaired) electrons. The Kier molecular flexibility index (Phi) is 3.35. The van der Waals surface area contributed by atoms with Crippen molar-refractivity contribution < 1.29 is 9.53 Å². The van der Waals surface area contributed by atoms with Gasteiger partial charge in [0.1, 0.15) is 0 Å². The van der Waals surface area contributed by atoms with Crippen LogP contribution in [0.5, 0.6) is 0 Å². The standard InChI is InChI=1S/C16H18ClNO2/c1-8-9(2)20-10(3)14(8)16(19)12-7-18-15-11(12)5-4-6-13(15)17/h4-10,14,18H,1-3H3. The minimum atomic E-state index is -0.0945. The zero-order valence-corrected chi connectivity index (χ0v) is 12.6. The zero-order chi connectivity index (χ0) is 14.4. The number of aromatic amines is 1. The first-order valence-electron chi connectivity index (χ1n) is 6.96. The molecule has 1 N–H and O–H groups in total. The van der Waals surface area contributed by atoms with E-state index in [1.165, 1.54) is 0 Å². The topological polar surface area (TPSA) is 42.1 Å². The lowest BCUT2D eigenvalue weighted by Gasteiger charge is -2.16. The van der Waals surface area contributed by atoms with Gasteiger partial charge in [-0.2, -0.15) is 0 Å². The highest BCUT2D eigenvalue weighted by Crippen LogP contribution is 2.36. The summed E-state index contributed by atoms with van der Waals surface area (Å²) in [6, 6.07) is 5.62. The number of para-hydroxylation sites is 1. The molecule has 20 heavy (non-hydrogen) atoms. The molecule has 0 saturated carbocycles. The van der Waals surface area contributed by atoms with Crippen LogP contribution in [-0.2, 0) is 4.74 Å². The summed E-state index contributed by atoms with van der Waals surface area (Å²) < 4.78 is 5.78. The Morgan fingerprint density at radius 3 is 2.65 bits per heavy atom. The van der Waals surface area contributed by atoms with Gasteiger partial charge in [-0.3, -0.25) is 4.79 Å². The van der Waals surface area contributed by atoms with E-state index >= 15 is 0 Å². The van der Waals surface area contributed by atoms with Crippen LogP contribution in [0.25, 0.3) is 10.9 Å². The van der Waals surface area contributed by atoms with Gasteiger partial charge in [-0.05, 0) is 25.8 Å². The summed E-state index contributed by atoms with van der Waals surface area (Å²) >= 11 is 6.15. The van der Waals surface area contributed by atoms with E-state index in [1.54, 1.807) is 6.20 Å². The quantitative estimate of drug-likeness (QED) is 0.848. The molecule has 4 heteroatoms. The first-order chi connectivity index (χ1) is 9.50. The third kappa shape index (κ3) is 1.97. The Hall–Kier alpha value is -1.32. The molecular weight excluding hydrogens is 274 g/mol. The number of hydrogen-bond donors (Lipinski definition) is 1. The molecule has 2 aromatic rings. The molecule has 1 aromatic heterocycles. The maximum absolute atomic E-state index is 12.9. The summed E-state index contributed by atoms with van der Waals surface area (Å²) in [7, 11) is 0. The van der Waals surface area contributed by atoms with Crippen LogP contribution in [-0.4, -0.2) is 23.0 Å². The SMILES string of the molecule is CC1OC(C)C(C(=O)c2c[nH]c3c(Cl)cccc23)C1C. The molecular formula is C16H18ClNO2. The number of halogens is 1. The maximum Gasteiger partial charge on any atom is 0.171 e. The molecule has 0 aliphatic carbocycles. The van der Waals surface area contributed by atoms with Crippen LogP contribution in [0, 0.1) is 11.8 Å². The average molecular weight is 292 g/mol. The van der Waals surface area contributed by atoms with Gasteiger partial charge in [-0.1, -0.05) is 30.7 Å². The molecule has 3 rings (SSSR count). The lowest BCUT2D eigenvalue weighted by Crippen LogP contribution is -2.26. The second kappa shape index (κ2) is 4.90. The van der Waals surface area contributed by atoms with Crippen LogP contribution in [0.2, 0.25) is 5.02 Å². The smallest absolute Gasteiger partial charge is 0.171 e. The zero-order valence-electron chi connectivity index (χ0n) is 11.8. The van der Waals surface area contributed by atoms with Crippen molar-refractivity contribution in [1.29, 1.82) is 0 Å². The summed E-state index contributed by atoms with van der Waals surface area (Å²) in [4.78, 5) is 16.0. The Labute approximate surface area is 123 Å². The fourth-order valence-corrected chi connectivity index (χ4v) is 3.45. The third-order valence-electron chi connectivity index (χ3n) is 4.47. The summed E-state index contributed by atoms with van der Waals surface area (Å²) in [6.07, 6.45) is 1.84. The van der Waals surface area contributed by atoms with E-state index in [-0.39, 0.29) is 29.8 Å². The van der Waals surface area contributed by atoms with Crippen LogP contribution in [0.4, 0.5) is 0 Å². The second-order valence-electron chi connectivity index (χ2n) is 5.66. The van der Waals surface area contributed by atoms with Crippen molar-refractivity contribution in [2.45, 2.75) is 33.0 Å². The maximum atomic E-state index is 12.9. The number of carbonyl (C=O) groups is 1. The molecule has 1 saturated heterocycles. The first kappa shape index (κ1) is 13.7. The molecule has 1 aromatic carbocycles. The van der Waals surface area contributed by atoms with E-state index in [2.05, 4.69) is 11.9 Å². The Morgan fingerprint density at radius 2 is 2.00 bits per heavy atom. The van der Waals surface area contributed by atoms with Crippen molar-refractivity contribution in [2.75, 3.05) is 0 Å². The summed E-state index contributed by atoms with van der Waals surface area (Å²) in [5, 5.41) is 1.53. The predicted octanol–water partition coefficient (Wildman–Crippen LogP) is 4.06. The number of aromatic nitrogens is 1. The number of benzene rings is 1. The molecule has 4 atom stereocenters. The monoisotopic (exact) mass is 291 g/mol. The Bertz CT molecular complexity index is 664. The van der Waals surface area contributed by atoms with Gasteiger partial charge in [-0.25, -0.2) is 0 Å². The van der Waals surface area contributed by atoms with Crippen molar-refractivity contribution in [3.8, 4) is 0 Å². The molecule has 1 aliphatic heterocycles. The van der Waals surface area contributed by atoms with E-state index in [0.717, 1.165) is 10.9 Å². The summed E-state index contributed by atoms with van der Waals surface area (Å²) in [6.45, 7) is 6.09. The van der Waals surface area contributed by atoms with Crippen molar-refractivity contribution in [3.05, 3.63) is 35.0 Å². The number of H-pyrrole nitrogens is 1. The van der Waals surface area contributed by atoms with Gasteiger partial charge in [0.05, 0.1) is 28.7 Å². The van der Waals surface area contributed by atoms with Gasteiger partial charge in [0.15, 0.2) is 5.78 Å². The van der Waals surface area contributed by atoms with Gasteiger partial charge in [0.2, 0.25) is 0 Å². The number of carbonyl (C=O) groups excluding carboxylic acids is 1. The van der Waals surface area contributed by atoms with Crippen molar-refractivity contribution in [1.82, 2.24) is 4.98 Å². The van der Waals surface area contributed by atoms with Crippen LogP contribution < -0.4 is 0 Å². The largest absolute Gasteiger partial charge is 0.374 e. The molecule has 1 aliphatic rings. The summed E-state index contributed by atoms with van der Waals surface area (Å²) in [5.74, 6) is 0.271. The average Bonchev–Trinajstić information content (AvgIpc) is 2.93. The molecule has 3 nitrogen and oxygen atoms in total. The minimum Gasteiger partial charge on any atom is -0.374 e. The molecule has 0 amide bonds. The van der Waals surface area contributed by atoms with Crippen molar-refractivity contribution >= 4 is 28.3 Å². The summed E-state index contributed by atoms with van der Waals surface area (Å²) in [5.41, 5.74) is 1.54.